The molecule has 116 valence electrons. The SMILES string of the molecule is c1ccc(CSc2ccccc2-c2ccc3ccccc3c2)cc1. The minimum absolute atomic E-state index is 0.992. The number of hydrogen-bond acceptors (Lipinski definition) is 1. The molecule has 0 aromatic heterocycles. The van der Waals surface area contributed by atoms with Gasteiger partial charge in [-0.1, -0.05) is 84.9 Å². The molecule has 4 aromatic rings. The third-order valence-corrected chi connectivity index (χ3v) is 5.33. The number of hydrogen-bond donors (Lipinski definition) is 0. The molecular weight excluding hydrogens is 308 g/mol. The van der Waals surface area contributed by atoms with E-state index in [4.69, 9.17) is 0 Å². The van der Waals surface area contributed by atoms with E-state index in [0.717, 1.165) is 5.75 Å². The lowest BCUT2D eigenvalue weighted by atomic mass is 10.0. The Kier molecular flexibility index (Phi) is 4.35. The van der Waals surface area contributed by atoms with Crippen LogP contribution in [0.5, 0.6) is 0 Å². The Balaban J connectivity index is 1.67. The Morgan fingerprint density at radius 2 is 1.29 bits per heavy atom. The van der Waals surface area contributed by atoms with Gasteiger partial charge in [0.05, 0.1) is 0 Å². The second kappa shape index (κ2) is 6.94. The van der Waals surface area contributed by atoms with Gasteiger partial charge in [-0.15, -0.1) is 11.8 Å². The lowest BCUT2D eigenvalue weighted by molar-refractivity contribution is 1.38. The van der Waals surface area contributed by atoms with Crippen LogP contribution in [-0.2, 0) is 5.75 Å². The van der Waals surface area contributed by atoms with Crippen molar-refractivity contribution in [2.24, 2.45) is 0 Å². The lowest BCUT2D eigenvalue weighted by Crippen LogP contribution is -1.85. The molecule has 0 N–H and O–H groups in total. The van der Waals surface area contributed by atoms with Crippen LogP contribution in [0.3, 0.4) is 0 Å². The van der Waals surface area contributed by atoms with Gasteiger partial charge in [-0.3, -0.25) is 0 Å². The van der Waals surface area contributed by atoms with Crippen LogP contribution in [0.15, 0.2) is 102 Å². The second-order valence-electron chi connectivity index (χ2n) is 5.83. The van der Waals surface area contributed by atoms with Crippen LogP contribution in [0.25, 0.3) is 21.9 Å². The largest absolute Gasteiger partial charge is 0.121 e. The maximum Gasteiger partial charge on any atom is 0.0232 e. The molecule has 4 aromatic carbocycles. The molecular formula is C23H18S. The topological polar surface area (TPSA) is 0 Å². The third kappa shape index (κ3) is 3.22. The summed E-state index contributed by atoms with van der Waals surface area (Å²) >= 11 is 1.90. The quantitative estimate of drug-likeness (QED) is 0.372. The first-order valence-electron chi connectivity index (χ1n) is 8.15. The summed E-state index contributed by atoms with van der Waals surface area (Å²) in [6.07, 6.45) is 0. The predicted molar refractivity (Wildman–Crippen MR) is 105 cm³/mol. The second-order valence-corrected chi connectivity index (χ2v) is 6.85. The molecule has 0 bridgehead atoms. The first kappa shape index (κ1) is 15.0. The smallest absolute Gasteiger partial charge is 0.0232 e. The highest BCUT2D eigenvalue weighted by Crippen LogP contribution is 2.34. The maximum atomic E-state index is 2.29. The summed E-state index contributed by atoms with van der Waals surface area (Å²) in [5, 5.41) is 2.58. The Morgan fingerprint density at radius 1 is 0.583 bits per heavy atom. The summed E-state index contributed by atoms with van der Waals surface area (Å²) in [5.74, 6) is 0.992. The molecule has 0 unspecified atom stereocenters. The van der Waals surface area contributed by atoms with E-state index in [9.17, 15) is 0 Å². The van der Waals surface area contributed by atoms with Crippen LogP contribution in [0.4, 0.5) is 0 Å². The minimum Gasteiger partial charge on any atom is -0.121 e. The van der Waals surface area contributed by atoms with E-state index in [1.807, 2.05) is 11.8 Å². The summed E-state index contributed by atoms with van der Waals surface area (Å²) in [5.41, 5.74) is 3.95. The average Bonchev–Trinajstić information content (AvgIpc) is 2.67. The van der Waals surface area contributed by atoms with E-state index in [-0.39, 0.29) is 0 Å². The lowest BCUT2D eigenvalue weighted by Gasteiger charge is -2.10. The molecule has 0 aliphatic carbocycles. The van der Waals surface area contributed by atoms with Crippen molar-refractivity contribution in [3.05, 3.63) is 103 Å². The molecule has 0 nitrogen and oxygen atoms in total. The number of benzene rings is 4. The predicted octanol–water partition coefficient (Wildman–Crippen LogP) is 6.80. The number of rotatable bonds is 4. The molecule has 0 saturated carbocycles. The molecule has 0 fully saturated rings. The van der Waals surface area contributed by atoms with E-state index < -0.39 is 0 Å². The fourth-order valence-electron chi connectivity index (χ4n) is 2.92. The molecule has 24 heavy (non-hydrogen) atoms. The monoisotopic (exact) mass is 326 g/mol. The van der Waals surface area contributed by atoms with Gasteiger partial charge >= 0.3 is 0 Å². The maximum absolute atomic E-state index is 2.29. The summed E-state index contributed by atoms with van der Waals surface area (Å²) in [4.78, 5) is 1.33. The van der Waals surface area contributed by atoms with Crippen molar-refractivity contribution >= 4 is 22.5 Å². The van der Waals surface area contributed by atoms with Gasteiger partial charge < -0.3 is 0 Å². The van der Waals surface area contributed by atoms with E-state index in [1.165, 1.54) is 32.4 Å². The average molecular weight is 326 g/mol. The van der Waals surface area contributed by atoms with Crippen LogP contribution in [0.1, 0.15) is 5.56 Å². The van der Waals surface area contributed by atoms with Crippen molar-refractivity contribution in [2.45, 2.75) is 10.6 Å². The summed E-state index contributed by atoms with van der Waals surface area (Å²) in [6, 6.07) is 34.6. The molecule has 0 aliphatic rings. The summed E-state index contributed by atoms with van der Waals surface area (Å²) in [6.45, 7) is 0. The highest BCUT2D eigenvalue weighted by atomic mass is 32.2. The van der Waals surface area contributed by atoms with Crippen molar-refractivity contribution < 1.29 is 0 Å². The first-order valence-corrected chi connectivity index (χ1v) is 9.14. The minimum atomic E-state index is 0.992. The van der Waals surface area contributed by atoms with Gasteiger partial charge in [0, 0.05) is 10.6 Å². The van der Waals surface area contributed by atoms with E-state index in [1.54, 1.807) is 0 Å². The van der Waals surface area contributed by atoms with Gasteiger partial charge in [-0.2, -0.15) is 0 Å². The van der Waals surface area contributed by atoms with Crippen LogP contribution in [-0.4, -0.2) is 0 Å². The normalized spacial score (nSPS) is 10.8. The molecule has 0 amide bonds. The Morgan fingerprint density at radius 3 is 2.17 bits per heavy atom. The van der Waals surface area contributed by atoms with Crippen LogP contribution in [0, 0.1) is 0 Å². The molecule has 0 atom stereocenters. The third-order valence-electron chi connectivity index (χ3n) is 4.18. The van der Waals surface area contributed by atoms with Crippen molar-refractivity contribution in [2.75, 3.05) is 0 Å². The molecule has 0 aliphatic heterocycles. The zero-order valence-electron chi connectivity index (χ0n) is 13.4. The molecule has 1 heteroatoms. The van der Waals surface area contributed by atoms with Crippen molar-refractivity contribution in [3.8, 4) is 11.1 Å². The van der Waals surface area contributed by atoms with Gasteiger partial charge in [0.15, 0.2) is 0 Å². The standard InChI is InChI=1S/C23H18S/c1-2-8-18(9-3-1)17-24-23-13-7-6-12-22(23)21-15-14-19-10-4-5-11-20(19)16-21/h1-16H,17H2. The van der Waals surface area contributed by atoms with Gasteiger partial charge in [-0.05, 0) is 39.6 Å². The highest BCUT2D eigenvalue weighted by molar-refractivity contribution is 7.98. The van der Waals surface area contributed by atoms with E-state index in [2.05, 4.69) is 97.1 Å². The van der Waals surface area contributed by atoms with Gasteiger partial charge in [-0.25, -0.2) is 0 Å². The molecule has 0 spiro atoms. The fraction of sp³-hybridized carbons (Fsp3) is 0.0435. The van der Waals surface area contributed by atoms with Gasteiger partial charge in [0.1, 0.15) is 0 Å². The molecule has 0 heterocycles. The zero-order chi connectivity index (χ0) is 16.2. The Bertz CT molecular complexity index is 957. The molecule has 4 rings (SSSR count). The van der Waals surface area contributed by atoms with Crippen LogP contribution in [0.2, 0.25) is 0 Å². The Labute approximate surface area is 147 Å². The molecule has 0 radical (unpaired) electrons. The van der Waals surface area contributed by atoms with Crippen molar-refractivity contribution in [1.82, 2.24) is 0 Å². The zero-order valence-corrected chi connectivity index (χ0v) is 14.2. The molecule has 0 saturated heterocycles. The van der Waals surface area contributed by atoms with Gasteiger partial charge in [0.2, 0.25) is 0 Å². The van der Waals surface area contributed by atoms with E-state index in [0.29, 0.717) is 0 Å². The van der Waals surface area contributed by atoms with E-state index >= 15 is 0 Å². The number of fused-ring (bicyclic) bond motifs is 1. The van der Waals surface area contributed by atoms with Gasteiger partial charge in [0.25, 0.3) is 0 Å². The Hall–Kier alpha value is -2.51. The van der Waals surface area contributed by atoms with Crippen LogP contribution < -0.4 is 0 Å². The first-order chi connectivity index (χ1) is 11.9. The van der Waals surface area contributed by atoms with Crippen molar-refractivity contribution in [3.63, 3.8) is 0 Å². The highest BCUT2D eigenvalue weighted by Gasteiger charge is 2.06. The fourth-order valence-corrected chi connectivity index (χ4v) is 3.95. The number of thioether (sulfide) groups is 1. The van der Waals surface area contributed by atoms with Crippen LogP contribution >= 0.6 is 11.8 Å². The summed E-state index contributed by atoms with van der Waals surface area (Å²) < 4.78 is 0. The summed E-state index contributed by atoms with van der Waals surface area (Å²) in [7, 11) is 0. The van der Waals surface area contributed by atoms with Crippen molar-refractivity contribution in [1.29, 1.82) is 0 Å².